The van der Waals surface area contributed by atoms with Crippen molar-refractivity contribution < 1.29 is 106 Å². The zero-order chi connectivity index (χ0) is 87.4. The first-order chi connectivity index (χ1) is 59.0. The number of hydrogen-bond acceptors (Lipinski definition) is 24. The molecule has 3 fully saturated rings. The van der Waals surface area contributed by atoms with Crippen LogP contribution < -0.4 is 42.1 Å². The fraction of sp³-hybridized carbons (Fsp3) is 0.611. The maximum atomic E-state index is 14.9. The highest BCUT2D eigenvalue weighted by Crippen LogP contribution is 2.56. The number of rotatable bonds is 34. The second kappa shape index (κ2) is 41.2. The van der Waals surface area contributed by atoms with Gasteiger partial charge in [0.1, 0.15) is 48.1 Å². The monoisotopic (exact) mass is 1720 g/mol. The third-order valence-corrected chi connectivity index (χ3v) is 26.0. The van der Waals surface area contributed by atoms with Crippen LogP contribution in [0.2, 0.25) is 0 Å². The molecule has 3 saturated heterocycles. The molecule has 2 bridgehead atoms. The topological polar surface area (TPSA) is 403 Å². The lowest BCUT2D eigenvalue weighted by Gasteiger charge is -2.44. The van der Waals surface area contributed by atoms with Gasteiger partial charge >= 0.3 is 0 Å². The molecule has 9 aliphatic heterocycles. The molecule has 10 N–H and O–H groups in total. The number of nitrogens with zero attached hydrogens (tertiary/aromatic N) is 4. The molecule has 8 amide bonds. The summed E-state index contributed by atoms with van der Waals surface area (Å²) in [4.78, 5) is 135. The molecule has 14 atom stereocenters. The molecule has 0 aromatic heterocycles. The highest BCUT2D eigenvalue weighted by molar-refractivity contribution is 8.14. The van der Waals surface area contributed by atoms with Gasteiger partial charge in [0.15, 0.2) is 12.3 Å². The van der Waals surface area contributed by atoms with E-state index in [-0.39, 0.29) is 99.0 Å². The van der Waals surface area contributed by atoms with Crippen molar-refractivity contribution in [2.75, 3.05) is 143 Å². The minimum absolute atomic E-state index is 0.00758. The smallest absolute Gasteiger partial charge is 0.251 e. The highest BCUT2D eigenvalue weighted by atomic mass is 32.2. The normalized spacial score (nSPS) is 26.8. The molecule has 9 heterocycles. The highest BCUT2D eigenvalue weighted by Gasteiger charge is 2.55. The fourth-order valence-corrected chi connectivity index (χ4v) is 19.5. The van der Waals surface area contributed by atoms with Crippen LogP contribution in [0, 0.1) is 12.8 Å². The Morgan fingerprint density at radius 2 is 1.30 bits per heavy atom. The third-order valence-electron chi connectivity index (χ3n) is 24.8. The number of aliphatic imine (C=N–C) groups is 1. The Balaban J connectivity index is 0.459. The average molecular weight is 1730 g/mol. The number of aliphatic hydroxyl groups excluding tert-OH is 2. The summed E-state index contributed by atoms with van der Waals surface area (Å²) in [5, 5.41) is 52.6. The van der Waals surface area contributed by atoms with Crippen molar-refractivity contribution in [3.63, 3.8) is 0 Å². The molecule has 0 spiro atoms. The fourth-order valence-electron chi connectivity index (χ4n) is 18.3. The number of ether oxygens (including phenoxy) is 9. The lowest BCUT2D eigenvalue weighted by Crippen LogP contribution is -2.61. The molecule has 3 aromatic rings. The van der Waals surface area contributed by atoms with Crippen molar-refractivity contribution in [2.24, 2.45) is 10.9 Å². The maximum absolute atomic E-state index is 14.9. The van der Waals surface area contributed by atoms with Crippen LogP contribution in [0.15, 0.2) is 100 Å². The summed E-state index contributed by atoms with van der Waals surface area (Å²) in [5.41, 5.74) is 12.7. The van der Waals surface area contributed by atoms with E-state index in [4.69, 9.17) is 47.6 Å². The standard InChI is InChI=1S/C90H121N11O21S/c1-52-14-16-71-65(42-52)88(5,6)77-62-43-58-44-64-74(122-75(58)46-56(62)19-24-99(71)77)20-25-100-72-17-15-57(45-66(72)89(7,8)78(64)100)81(107)91-23-27-115-29-31-117-33-35-119-37-39-121-41-40-120-38-36-118-34-32-116-30-28-114-26-21-59(103)18-22-90(9,113)49-69-83(109)92-54(3)80(106)98-76(55(4)102)85(111)96-70-51-123-86-63(61-12-10-11-13-67(61)97-86)48-68(82(108)95-69)94-79(105)53(2)93-84(110)73-47-60(104)50-101(73)87(70)112/h10-17,42-45,53-56,60,63,68-70,73-76,102,104,113H,18-41,46-51H2,1-9H3,(H6-,91,92,93,94,95,96,98,105,106,107,108,109,110,111)/p+1/t53-,54-,55-,56+,60+,63?,68-,69-,70+,73-,74+,75-,76?,90-/m0/s1. The average Bonchev–Trinajstić information content (AvgIpc) is 1.56. The Hall–Kier alpha value is -8.68. The van der Waals surface area contributed by atoms with Crippen molar-refractivity contribution in [3.8, 4) is 0 Å². The number of fused-ring (bicyclic) bond motifs is 14. The Morgan fingerprint density at radius 1 is 0.675 bits per heavy atom. The number of para-hydroxylation sites is 1. The van der Waals surface area contributed by atoms with Crippen molar-refractivity contribution >= 4 is 92.6 Å². The van der Waals surface area contributed by atoms with Gasteiger partial charge in [-0.05, 0) is 133 Å². The van der Waals surface area contributed by atoms with E-state index in [1.807, 2.05) is 6.07 Å². The van der Waals surface area contributed by atoms with E-state index in [1.165, 1.54) is 72.6 Å². The number of ketones is 1. The predicted octanol–water partition coefficient (Wildman–Crippen LogP) is 3.88. The number of aliphatic hydroxyl groups is 3. The van der Waals surface area contributed by atoms with Crippen molar-refractivity contribution in [1.29, 1.82) is 0 Å². The van der Waals surface area contributed by atoms with Gasteiger partial charge in [0.05, 0.1) is 152 Å². The number of carbonyl (C=O) groups excluding carboxylic acids is 9. The van der Waals surface area contributed by atoms with Crippen molar-refractivity contribution in [3.05, 3.63) is 123 Å². The SMILES string of the molecule is Cc1ccc2c(c1)C(C)(C)C1=C3C=C4C=C5C6=[N+](CC[C@H]5O[C@H]4C[C@H]3CCN12)c1ccc(C(=O)NCCOCCOCCOCCOCCOCCOCCOCCOCCC(=O)CC[C@](C)(O)C[C@@H]2NC(=O)[C@@H]3CC4C(=Nc5ccccc54)SC[C@@H](NC(=O)C([C@H](C)O)NC(=O)[C@H](C)NC2=O)C(=O)N2C[C@H](O)C[C@H]2C(=O)N[C@@H](C)C(=O)N3)cc1C6(C)C. The number of carbonyl (C=O) groups is 9. The van der Waals surface area contributed by atoms with Crippen molar-refractivity contribution in [2.45, 2.75) is 209 Å². The van der Waals surface area contributed by atoms with E-state index < -0.39 is 114 Å². The molecule has 0 saturated carbocycles. The number of amides is 8. The van der Waals surface area contributed by atoms with E-state index in [0.717, 1.165) is 60.3 Å². The van der Waals surface area contributed by atoms with Gasteiger partial charge in [-0.2, -0.15) is 4.58 Å². The molecule has 32 nitrogen and oxygen atoms in total. The Kier molecular flexibility index (Phi) is 30.8. The molecule has 0 radical (unpaired) electrons. The van der Waals surface area contributed by atoms with Crippen LogP contribution in [0.3, 0.4) is 0 Å². The number of benzene rings is 3. The minimum atomic E-state index is -1.81. The Morgan fingerprint density at radius 3 is 1.97 bits per heavy atom. The summed E-state index contributed by atoms with van der Waals surface area (Å²) in [6.45, 7) is 24.0. The lowest BCUT2D eigenvalue weighted by atomic mass is 9.71. The van der Waals surface area contributed by atoms with Crippen LogP contribution in [0.1, 0.15) is 152 Å². The number of aryl methyl sites for hydroxylation is 1. The molecule has 13 rings (SSSR count). The van der Waals surface area contributed by atoms with Crippen LogP contribution in [-0.2, 0) is 91.8 Å². The first-order valence-corrected chi connectivity index (χ1v) is 44.4. The zero-order valence-electron chi connectivity index (χ0n) is 72.0. The molecule has 1 aliphatic carbocycles. The molecule has 33 heteroatoms. The second-order valence-corrected chi connectivity index (χ2v) is 35.9. The van der Waals surface area contributed by atoms with Gasteiger partial charge in [-0.1, -0.05) is 55.8 Å². The first kappa shape index (κ1) is 92.0. The van der Waals surface area contributed by atoms with Gasteiger partial charge in [0.2, 0.25) is 47.0 Å². The third kappa shape index (κ3) is 22.1. The summed E-state index contributed by atoms with van der Waals surface area (Å²) >= 11 is 1.06. The predicted molar refractivity (Wildman–Crippen MR) is 457 cm³/mol. The summed E-state index contributed by atoms with van der Waals surface area (Å²) in [6, 6.07) is 9.80. The zero-order valence-corrected chi connectivity index (χ0v) is 72.9. The lowest BCUT2D eigenvalue weighted by molar-refractivity contribution is -0.445. The molecular formula is C90H122N11O21S+. The molecule has 3 aromatic carbocycles. The van der Waals surface area contributed by atoms with Crippen LogP contribution in [-0.4, -0.2) is 299 Å². The van der Waals surface area contributed by atoms with Gasteiger partial charge < -0.3 is 105 Å². The quantitative estimate of drug-likeness (QED) is 0.0299. The summed E-state index contributed by atoms with van der Waals surface area (Å²) in [6.07, 6.45) is 4.17. The second-order valence-electron chi connectivity index (χ2n) is 34.8. The Bertz CT molecular complexity index is 4580. The van der Waals surface area contributed by atoms with E-state index in [1.54, 1.807) is 24.3 Å². The Labute approximate surface area is 722 Å². The van der Waals surface area contributed by atoms with Gasteiger partial charge in [-0.15, -0.1) is 11.8 Å². The van der Waals surface area contributed by atoms with E-state index in [2.05, 4.69) is 124 Å². The van der Waals surface area contributed by atoms with E-state index in [9.17, 15) is 58.5 Å². The van der Waals surface area contributed by atoms with Crippen LogP contribution >= 0.6 is 11.8 Å². The minimum Gasteiger partial charge on any atom is -0.391 e. The van der Waals surface area contributed by atoms with Gasteiger partial charge in [0.25, 0.3) is 5.91 Å². The van der Waals surface area contributed by atoms with Crippen molar-refractivity contribution in [1.82, 2.24) is 42.1 Å². The van der Waals surface area contributed by atoms with E-state index in [0.29, 0.717) is 120 Å². The summed E-state index contributed by atoms with van der Waals surface area (Å²) < 4.78 is 54.7. The summed E-state index contributed by atoms with van der Waals surface area (Å²) in [7, 11) is 0. The number of anilines is 1. The molecule has 668 valence electrons. The van der Waals surface area contributed by atoms with Crippen LogP contribution in [0.25, 0.3) is 0 Å². The number of thioether (sulfide) groups is 1. The number of nitrogens with one attached hydrogen (secondary N) is 7. The molecular weight excluding hydrogens is 1600 g/mol. The molecule has 2 unspecified atom stereocenters. The van der Waals surface area contributed by atoms with E-state index >= 15 is 0 Å². The van der Waals surface area contributed by atoms with Gasteiger partial charge in [-0.3, -0.25) is 43.2 Å². The maximum Gasteiger partial charge on any atom is 0.251 e. The van der Waals surface area contributed by atoms with Crippen LogP contribution in [0.5, 0.6) is 0 Å². The number of allylic oxidation sites excluding steroid dienone is 3. The largest absolute Gasteiger partial charge is 0.391 e. The van der Waals surface area contributed by atoms with Gasteiger partial charge in [0, 0.05) is 103 Å². The van der Waals surface area contributed by atoms with Gasteiger partial charge in [-0.25, -0.2) is 4.99 Å². The number of hydrogen-bond donors (Lipinski definition) is 10. The molecule has 10 aliphatic rings. The molecule has 123 heavy (non-hydrogen) atoms. The summed E-state index contributed by atoms with van der Waals surface area (Å²) in [5.74, 6) is -7.08. The van der Waals surface area contributed by atoms with Crippen LogP contribution in [0.4, 0.5) is 17.1 Å². The first-order valence-electron chi connectivity index (χ1n) is 43.4. The number of Topliss-reactive ketones (excluding diaryl/α,β-unsaturated/α-hetero) is 1.